The van der Waals surface area contributed by atoms with Gasteiger partial charge in [0.05, 0.1) is 22.7 Å². The number of aliphatic hydroxyl groups is 2. The van der Waals surface area contributed by atoms with Gasteiger partial charge in [-0.2, -0.15) is 0 Å². The molecule has 4 nitrogen and oxygen atoms in total. The molecule has 0 aromatic heterocycles. The molecule has 66 valence electrons. The van der Waals surface area contributed by atoms with Gasteiger partial charge in [0.15, 0.2) is 9.84 Å². The molecule has 0 aromatic rings. The highest BCUT2D eigenvalue weighted by Crippen LogP contribution is 2.27. The number of hydrogen-bond acceptors (Lipinski definition) is 4. The van der Waals surface area contributed by atoms with Crippen LogP contribution >= 0.6 is 0 Å². The molecule has 1 rings (SSSR count). The smallest absolute Gasteiger partial charge is 0.160 e. The van der Waals surface area contributed by atoms with Crippen LogP contribution in [0.5, 0.6) is 0 Å². The zero-order valence-electron chi connectivity index (χ0n) is 6.43. The molecule has 0 radical (unpaired) electrons. The third-order valence-electron chi connectivity index (χ3n) is 2.35. The van der Waals surface area contributed by atoms with Gasteiger partial charge in [-0.3, -0.25) is 0 Å². The van der Waals surface area contributed by atoms with Gasteiger partial charge in [-0.25, -0.2) is 8.42 Å². The molecule has 5 heteroatoms. The predicted molar refractivity (Wildman–Crippen MR) is 39.9 cm³/mol. The first-order valence-corrected chi connectivity index (χ1v) is 5.09. The molecular weight excluding hydrogens is 168 g/mol. The molecule has 0 spiro atoms. The third-order valence-corrected chi connectivity index (χ3v) is 4.98. The fourth-order valence-electron chi connectivity index (χ4n) is 1.28. The maximum atomic E-state index is 11.2. The third kappa shape index (κ3) is 1.07. The molecule has 2 N–H and O–H groups in total. The van der Waals surface area contributed by atoms with Gasteiger partial charge in [0.1, 0.15) is 0 Å². The summed E-state index contributed by atoms with van der Waals surface area (Å²) in [6, 6.07) is 0. The summed E-state index contributed by atoms with van der Waals surface area (Å²) in [6.07, 6.45) is -2.26. The van der Waals surface area contributed by atoms with Gasteiger partial charge in [-0.1, -0.05) is 0 Å². The van der Waals surface area contributed by atoms with Crippen molar-refractivity contribution in [3.8, 4) is 0 Å². The van der Waals surface area contributed by atoms with E-state index >= 15 is 0 Å². The second-order valence-electron chi connectivity index (χ2n) is 2.98. The Labute approximate surface area is 65.8 Å². The summed E-state index contributed by atoms with van der Waals surface area (Å²) in [5.74, 6) is 0. The van der Waals surface area contributed by atoms with Crippen molar-refractivity contribution in [2.75, 3.05) is 0 Å². The van der Waals surface area contributed by atoms with Gasteiger partial charge in [-0.15, -0.1) is 0 Å². The Balaban J connectivity index is 3.06. The summed E-state index contributed by atoms with van der Waals surface area (Å²) >= 11 is 0. The second-order valence-corrected chi connectivity index (χ2v) is 5.65. The number of rotatable bonds is 0. The van der Waals surface area contributed by atoms with E-state index in [4.69, 9.17) is 10.2 Å². The normalized spacial score (nSPS) is 49.5. The molecule has 1 fully saturated rings. The van der Waals surface area contributed by atoms with Crippen LogP contribution in [0.1, 0.15) is 13.8 Å². The van der Waals surface area contributed by atoms with Crippen molar-refractivity contribution < 1.29 is 18.6 Å². The van der Waals surface area contributed by atoms with Crippen LogP contribution in [0.2, 0.25) is 0 Å². The Morgan fingerprint density at radius 2 is 1.27 bits per heavy atom. The predicted octanol–water partition coefficient (Wildman–Crippen LogP) is -1.09. The fraction of sp³-hybridized carbons (Fsp3) is 1.00. The van der Waals surface area contributed by atoms with E-state index in [1.807, 2.05) is 0 Å². The molecule has 0 unspecified atom stereocenters. The van der Waals surface area contributed by atoms with Crippen molar-refractivity contribution in [2.24, 2.45) is 0 Å². The lowest BCUT2D eigenvalue weighted by molar-refractivity contribution is 0.0327. The van der Waals surface area contributed by atoms with Crippen molar-refractivity contribution >= 4 is 9.84 Å². The van der Waals surface area contributed by atoms with Crippen LogP contribution in [0.15, 0.2) is 0 Å². The zero-order chi connectivity index (χ0) is 8.81. The zero-order valence-corrected chi connectivity index (χ0v) is 7.25. The molecule has 1 heterocycles. The van der Waals surface area contributed by atoms with Gasteiger partial charge in [0, 0.05) is 0 Å². The second kappa shape index (κ2) is 2.43. The molecule has 0 amide bonds. The number of sulfone groups is 1. The lowest BCUT2D eigenvalue weighted by Crippen LogP contribution is -2.30. The molecule has 11 heavy (non-hydrogen) atoms. The Morgan fingerprint density at radius 3 is 1.36 bits per heavy atom. The Bertz CT molecular complexity index is 225. The maximum absolute atomic E-state index is 11.2. The topological polar surface area (TPSA) is 74.6 Å². The quantitative estimate of drug-likeness (QED) is 0.497. The summed E-state index contributed by atoms with van der Waals surface area (Å²) in [5, 5.41) is 16.6. The average Bonchev–Trinajstić information content (AvgIpc) is 2.06. The first kappa shape index (κ1) is 8.96. The highest BCUT2D eigenvalue weighted by Gasteiger charge is 2.48. The van der Waals surface area contributed by atoms with Crippen molar-refractivity contribution in [1.29, 1.82) is 0 Å². The van der Waals surface area contributed by atoms with Crippen LogP contribution in [0.3, 0.4) is 0 Å². The first-order chi connectivity index (χ1) is 4.89. The van der Waals surface area contributed by atoms with E-state index in [-0.39, 0.29) is 0 Å². The van der Waals surface area contributed by atoms with Crippen LogP contribution in [-0.4, -0.2) is 41.3 Å². The molecule has 0 saturated carbocycles. The number of hydrogen-bond donors (Lipinski definition) is 2. The van der Waals surface area contributed by atoms with Crippen molar-refractivity contribution in [3.05, 3.63) is 0 Å². The summed E-state index contributed by atoms with van der Waals surface area (Å²) in [6.45, 7) is 2.82. The summed E-state index contributed by atoms with van der Waals surface area (Å²) in [4.78, 5) is 0. The van der Waals surface area contributed by atoms with Crippen molar-refractivity contribution in [1.82, 2.24) is 0 Å². The molecule has 0 aliphatic carbocycles. The highest BCUT2D eigenvalue weighted by molar-refractivity contribution is 7.93. The minimum Gasteiger partial charge on any atom is -0.389 e. The fourth-order valence-corrected chi connectivity index (χ4v) is 3.06. The first-order valence-electron chi connectivity index (χ1n) is 3.48. The largest absolute Gasteiger partial charge is 0.389 e. The lowest BCUT2D eigenvalue weighted by Gasteiger charge is -2.08. The minimum atomic E-state index is -3.30. The summed E-state index contributed by atoms with van der Waals surface area (Å²) < 4.78 is 22.4. The van der Waals surface area contributed by atoms with E-state index in [1.54, 1.807) is 0 Å². The monoisotopic (exact) mass is 180 g/mol. The molecule has 0 bridgehead atoms. The minimum absolute atomic E-state index is 0.840. The summed E-state index contributed by atoms with van der Waals surface area (Å²) in [7, 11) is -3.30. The summed E-state index contributed by atoms with van der Waals surface area (Å²) in [5.41, 5.74) is 0. The maximum Gasteiger partial charge on any atom is 0.160 e. The number of aliphatic hydroxyl groups excluding tert-OH is 2. The average molecular weight is 180 g/mol. The van der Waals surface area contributed by atoms with Gasteiger partial charge >= 0.3 is 0 Å². The Kier molecular flexibility index (Phi) is 1.98. The highest BCUT2D eigenvalue weighted by atomic mass is 32.2. The Hall–Kier alpha value is -0.130. The lowest BCUT2D eigenvalue weighted by atomic mass is 10.1. The molecular formula is C6H12O4S. The SMILES string of the molecule is C[C@@H]1[C@H](O)[C@@H](O)[C@H](C)S1(=O)=O. The van der Waals surface area contributed by atoms with E-state index in [0.29, 0.717) is 0 Å². The molecule has 1 aliphatic rings. The van der Waals surface area contributed by atoms with E-state index in [2.05, 4.69) is 0 Å². The van der Waals surface area contributed by atoms with Gasteiger partial charge in [-0.05, 0) is 13.8 Å². The van der Waals surface area contributed by atoms with Crippen LogP contribution in [0, 0.1) is 0 Å². The Morgan fingerprint density at radius 1 is 1.00 bits per heavy atom. The van der Waals surface area contributed by atoms with Gasteiger partial charge < -0.3 is 10.2 Å². The van der Waals surface area contributed by atoms with E-state index in [1.165, 1.54) is 13.8 Å². The molecule has 1 saturated heterocycles. The molecule has 0 aromatic carbocycles. The van der Waals surface area contributed by atoms with Crippen LogP contribution in [0.4, 0.5) is 0 Å². The van der Waals surface area contributed by atoms with Crippen LogP contribution < -0.4 is 0 Å². The molecule has 4 atom stereocenters. The van der Waals surface area contributed by atoms with Gasteiger partial charge in [0.2, 0.25) is 0 Å². The van der Waals surface area contributed by atoms with E-state index in [9.17, 15) is 8.42 Å². The van der Waals surface area contributed by atoms with Crippen molar-refractivity contribution in [3.63, 3.8) is 0 Å². The van der Waals surface area contributed by atoms with E-state index < -0.39 is 32.5 Å². The standard InChI is InChI=1S/C6H12O4S/c1-3-5(7)6(8)4(2)11(3,9)10/h3-8H,1-2H3/t3-,4+,5-,6-/m0/s1. The van der Waals surface area contributed by atoms with Gasteiger partial charge in [0.25, 0.3) is 0 Å². The van der Waals surface area contributed by atoms with Crippen LogP contribution in [-0.2, 0) is 9.84 Å². The van der Waals surface area contributed by atoms with E-state index in [0.717, 1.165) is 0 Å². The van der Waals surface area contributed by atoms with Crippen LogP contribution in [0.25, 0.3) is 0 Å². The molecule has 1 aliphatic heterocycles. The van der Waals surface area contributed by atoms with Crippen molar-refractivity contribution in [2.45, 2.75) is 36.6 Å².